The Morgan fingerprint density at radius 1 is 1.15 bits per heavy atom. The Kier molecular flexibility index (Phi) is 5.98. The number of aryl methyl sites for hydroxylation is 4. The number of carbonyl (C=O) groups excluding carboxylic acids is 1. The van der Waals surface area contributed by atoms with Gasteiger partial charge < -0.3 is 14.6 Å². The van der Waals surface area contributed by atoms with Crippen molar-refractivity contribution in [1.82, 2.24) is 20.4 Å². The Balaban J connectivity index is 1.10. The molecule has 2 N–H and O–H groups in total. The number of hydrogen-bond donors (Lipinski definition) is 2. The molecule has 0 atom stereocenters. The van der Waals surface area contributed by atoms with Gasteiger partial charge in [0, 0.05) is 56.0 Å². The van der Waals surface area contributed by atoms with Gasteiger partial charge >= 0.3 is 0 Å². The van der Waals surface area contributed by atoms with Crippen molar-refractivity contribution in [3.8, 4) is 11.3 Å². The first-order chi connectivity index (χ1) is 16.0. The molecule has 1 fully saturated rings. The van der Waals surface area contributed by atoms with Gasteiger partial charge in [0.15, 0.2) is 5.76 Å². The normalized spacial score (nSPS) is 15.9. The standard InChI is InChI=1S/C26H33N5O2/c1-17-5-6-18(2)21(15-17)31-13-11-30(12-14-31)10-4-9-27-26(32)25-19(3)23-22(33-25)8-7-20-16-28-29-24(20)23/h5-6,15-16H,4,7-14H2,1-3H3,(H,27,32)(H,28,29). The van der Waals surface area contributed by atoms with Gasteiger partial charge in [0.05, 0.1) is 11.9 Å². The minimum Gasteiger partial charge on any atom is -0.455 e. The van der Waals surface area contributed by atoms with Gasteiger partial charge in [-0.2, -0.15) is 5.10 Å². The van der Waals surface area contributed by atoms with Gasteiger partial charge in [0.2, 0.25) is 0 Å². The molecular weight excluding hydrogens is 414 g/mol. The fourth-order valence-electron chi connectivity index (χ4n) is 5.12. The molecule has 1 saturated heterocycles. The monoisotopic (exact) mass is 447 g/mol. The molecule has 7 nitrogen and oxygen atoms in total. The topological polar surface area (TPSA) is 77.4 Å². The second kappa shape index (κ2) is 9.06. The van der Waals surface area contributed by atoms with Crippen LogP contribution in [0.4, 0.5) is 5.69 Å². The second-order valence-corrected chi connectivity index (χ2v) is 9.35. The Bertz CT molecular complexity index is 1150. The number of H-pyrrole nitrogens is 1. The number of furan rings is 1. The first kappa shape index (κ1) is 21.8. The Hall–Kier alpha value is -3.06. The van der Waals surface area contributed by atoms with Gasteiger partial charge in [-0.1, -0.05) is 12.1 Å². The predicted molar refractivity (Wildman–Crippen MR) is 130 cm³/mol. The van der Waals surface area contributed by atoms with Crippen molar-refractivity contribution < 1.29 is 9.21 Å². The van der Waals surface area contributed by atoms with Crippen LogP contribution in [0.15, 0.2) is 28.8 Å². The van der Waals surface area contributed by atoms with E-state index in [1.165, 1.54) is 22.4 Å². The lowest BCUT2D eigenvalue weighted by Crippen LogP contribution is -2.47. The zero-order chi connectivity index (χ0) is 22.9. The van der Waals surface area contributed by atoms with Crippen LogP contribution >= 0.6 is 0 Å². The van der Waals surface area contributed by atoms with Crippen molar-refractivity contribution >= 4 is 11.6 Å². The van der Waals surface area contributed by atoms with Crippen molar-refractivity contribution in [2.75, 3.05) is 44.2 Å². The highest BCUT2D eigenvalue weighted by Crippen LogP contribution is 2.37. The van der Waals surface area contributed by atoms with E-state index in [4.69, 9.17) is 4.42 Å². The van der Waals surface area contributed by atoms with E-state index in [-0.39, 0.29) is 5.91 Å². The highest BCUT2D eigenvalue weighted by molar-refractivity contribution is 5.95. The summed E-state index contributed by atoms with van der Waals surface area (Å²) in [5.41, 5.74) is 8.12. The zero-order valence-electron chi connectivity index (χ0n) is 19.8. The molecule has 0 spiro atoms. The number of hydrogen-bond acceptors (Lipinski definition) is 5. The maximum atomic E-state index is 12.8. The van der Waals surface area contributed by atoms with Crippen molar-refractivity contribution in [2.24, 2.45) is 0 Å². The minimum absolute atomic E-state index is 0.122. The molecule has 1 amide bonds. The molecule has 33 heavy (non-hydrogen) atoms. The number of amides is 1. The zero-order valence-corrected chi connectivity index (χ0v) is 19.8. The SMILES string of the molecule is Cc1ccc(C)c(N2CCN(CCCNC(=O)c3oc4c(c3C)-c3[nH]ncc3CC4)CC2)c1. The molecule has 0 saturated carbocycles. The number of anilines is 1. The highest BCUT2D eigenvalue weighted by atomic mass is 16.4. The molecule has 3 heterocycles. The van der Waals surface area contributed by atoms with Crippen LogP contribution in [-0.2, 0) is 12.8 Å². The first-order valence-corrected chi connectivity index (χ1v) is 12.0. The highest BCUT2D eigenvalue weighted by Gasteiger charge is 2.28. The number of aromatic amines is 1. The summed E-state index contributed by atoms with van der Waals surface area (Å²) in [4.78, 5) is 17.8. The van der Waals surface area contributed by atoms with Gasteiger partial charge in [-0.25, -0.2) is 0 Å². The largest absolute Gasteiger partial charge is 0.455 e. The van der Waals surface area contributed by atoms with Gasteiger partial charge in [0.1, 0.15) is 5.76 Å². The summed E-state index contributed by atoms with van der Waals surface area (Å²) in [6, 6.07) is 6.68. The lowest BCUT2D eigenvalue weighted by Gasteiger charge is -2.37. The van der Waals surface area contributed by atoms with E-state index in [0.717, 1.165) is 74.6 Å². The summed E-state index contributed by atoms with van der Waals surface area (Å²) in [5, 5.41) is 10.3. The molecule has 0 unspecified atom stereocenters. The molecule has 1 aromatic carbocycles. The van der Waals surface area contributed by atoms with Crippen LogP contribution in [0.1, 0.15) is 45.0 Å². The summed E-state index contributed by atoms with van der Waals surface area (Å²) in [7, 11) is 0. The molecule has 0 bridgehead atoms. The fraction of sp³-hybridized carbons (Fsp3) is 0.462. The third-order valence-electron chi connectivity index (χ3n) is 7.03. The number of piperazine rings is 1. The molecule has 2 aromatic heterocycles. The number of benzene rings is 1. The van der Waals surface area contributed by atoms with Crippen LogP contribution in [0, 0.1) is 20.8 Å². The number of nitrogens with zero attached hydrogens (tertiary/aromatic N) is 3. The van der Waals surface area contributed by atoms with E-state index in [1.54, 1.807) is 0 Å². The third kappa shape index (κ3) is 4.29. The van der Waals surface area contributed by atoms with Crippen molar-refractivity contribution in [3.05, 3.63) is 58.2 Å². The quantitative estimate of drug-likeness (QED) is 0.564. The number of aromatic nitrogens is 2. The molecule has 3 aromatic rings. The van der Waals surface area contributed by atoms with Crippen LogP contribution in [0.5, 0.6) is 0 Å². The summed E-state index contributed by atoms with van der Waals surface area (Å²) in [5.74, 6) is 1.20. The lowest BCUT2D eigenvalue weighted by molar-refractivity contribution is 0.0921. The number of carbonyl (C=O) groups is 1. The van der Waals surface area contributed by atoms with Crippen molar-refractivity contribution in [1.29, 1.82) is 0 Å². The van der Waals surface area contributed by atoms with Gasteiger partial charge in [-0.15, -0.1) is 0 Å². The maximum Gasteiger partial charge on any atom is 0.287 e. The second-order valence-electron chi connectivity index (χ2n) is 9.35. The number of rotatable bonds is 6. The Morgan fingerprint density at radius 2 is 1.97 bits per heavy atom. The Labute approximate surface area is 195 Å². The Morgan fingerprint density at radius 3 is 2.79 bits per heavy atom. The van der Waals surface area contributed by atoms with E-state index >= 15 is 0 Å². The summed E-state index contributed by atoms with van der Waals surface area (Å²) < 4.78 is 5.97. The van der Waals surface area contributed by atoms with Crippen LogP contribution in [0.25, 0.3) is 11.3 Å². The molecule has 174 valence electrons. The molecule has 5 rings (SSSR count). The van der Waals surface area contributed by atoms with E-state index in [2.05, 4.69) is 57.4 Å². The summed E-state index contributed by atoms with van der Waals surface area (Å²) >= 11 is 0. The molecular formula is C26H33N5O2. The van der Waals surface area contributed by atoms with Crippen molar-refractivity contribution in [3.63, 3.8) is 0 Å². The summed E-state index contributed by atoms with van der Waals surface area (Å²) in [6.45, 7) is 12.1. The van der Waals surface area contributed by atoms with Crippen LogP contribution in [0.3, 0.4) is 0 Å². The minimum atomic E-state index is -0.122. The average Bonchev–Trinajstić information content (AvgIpc) is 3.43. The number of fused-ring (bicyclic) bond motifs is 3. The molecule has 1 aliphatic heterocycles. The van der Waals surface area contributed by atoms with Gasteiger partial charge in [-0.3, -0.25) is 14.8 Å². The van der Waals surface area contributed by atoms with Crippen LogP contribution in [-0.4, -0.2) is 60.3 Å². The van der Waals surface area contributed by atoms with E-state index < -0.39 is 0 Å². The first-order valence-electron chi connectivity index (χ1n) is 12.0. The molecule has 1 aliphatic carbocycles. The predicted octanol–water partition coefficient (Wildman–Crippen LogP) is 3.64. The lowest BCUT2D eigenvalue weighted by atomic mass is 9.93. The van der Waals surface area contributed by atoms with Gasteiger partial charge in [-0.05, 0) is 62.9 Å². The fourth-order valence-corrected chi connectivity index (χ4v) is 5.12. The molecule has 0 radical (unpaired) electrons. The van der Waals surface area contributed by atoms with Crippen LogP contribution in [0.2, 0.25) is 0 Å². The third-order valence-corrected chi connectivity index (χ3v) is 7.03. The smallest absolute Gasteiger partial charge is 0.287 e. The van der Waals surface area contributed by atoms with Crippen LogP contribution < -0.4 is 10.2 Å². The average molecular weight is 448 g/mol. The summed E-state index contributed by atoms with van der Waals surface area (Å²) in [6.07, 6.45) is 4.50. The maximum absolute atomic E-state index is 12.8. The van der Waals surface area contributed by atoms with Crippen molar-refractivity contribution in [2.45, 2.75) is 40.0 Å². The van der Waals surface area contributed by atoms with E-state index in [1.807, 2.05) is 13.1 Å². The molecule has 2 aliphatic rings. The van der Waals surface area contributed by atoms with Gasteiger partial charge in [0.25, 0.3) is 5.91 Å². The number of nitrogens with one attached hydrogen (secondary N) is 2. The van der Waals surface area contributed by atoms with E-state index in [0.29, 0.717) is 12.3 Å². The molecule has 7 heteroatoms. The van der Waals surface area contributed by atoms with E-state index in [9.17, 15) is 4.79 Å².